The molecular formula is C13H28N2O. The normalized spacial score (nSPS) is 24.3. The molecule has 2 atom stereocenters. The first-order chi connectivity index (χ1) is 7.52. The molecule has 1 rings (SSSR count). The highest BCUT2D eigenvalue weighted by atomic mass is 16.2. The number of amides is 1. The van der Waals surface area contributed by atoms with Crippen molar-refractivity contribution in [1.29, 1.82) is 0 Å². The average molecular weight is 228 g/mol. The van der Waals surface area contributed by atoms with E-state index in [2.05, 4.69) is 26.1 Å². The Bertz CT molecular complexity index is 192. The van der Waals surface area contributed by atoms with Gasteiger partial charge in [-0.3, -0.25) is 4.79 Å². The van der Waals surface area contributed by atoms with Gasteiger partial charge in [0, 0.05) is 20.5 Å². The molecular weight excluding hydrogens is 200 g/mol. The number of carbonyl (C=O) groups is 1. The maximum absolute atomic E-state index is 11.5. The monoisotopic (exact) mass is 228 g/mol. The lowest BCUT2D eigenvalue weighted by Crippen LogP contribution is -2.37. The van der Waals surface area contributed by atoms with E-state index in [1.807, 2.05) is 14.1 Å². The van der Waals surface area contributed by atoms with Crippen molar-refractivity contribution >= 4 is 5.91 Å². The van der Waals surface area contributed by atoms with Crippen LogP contribution in [0.5, 0.6) is 0 Å². The highest BCUT2D eigenvalue weighted by Crippen LogP contribution is 2.22. The first kappa shape index (κ1) is 15.4. The van der Waals surface area contributed by atoms with Crippen molar-refractivity contribution in [3.8, 4) is 0 Å². The van der Waals surface area contributed by atoms with Gasteiger partial charge in [-0.25, -0.2) is 0 Å². The molecule has 1 saturated heterocycles. The highest BCUT2D eigenvalue weighted by molar-refractivity contribution is 5.75. The van der Waals surface area contributed by atoms with Crippen LogP contribution in [0.1, 0.15) is 40.0 Å². The number of nitrogens with zero attached hydrogens (tertiary/aromatic N) is 1. The van der Waals surface area contributed by atoms with Gasteiger partial charge in [-0.05, 0) is 31.3 Å². The SMILES string of the molecule is CCC.C[C@@H]1CNCC[C@H]1CC(=O)N(C)C. The molecule has 1 fully saturated rings. The molecule has 0 spiro atoms. The summed E-state index contributed by atoms with van der Waals surface area (Å²) < 4.78 is 0. The second kappa shape index (κ2) is 8.57. The maximum atomic E-state index is 11.5. The van der Waals surface area contributed by atoms with Crippen LogP contribution in [0, 0.1) is 11.8 Å². The zero-order chi connectivity index (χ0) is 12.6. The van der Waals surface area contributed by atoms with E-state index >= 15 is 0 Å². The molecule has 0 unspecified atom stereocenters. The van der Waals surface area contributed by atoms with Crippen LogP contribution in [0.15, 0.2) is 0 Å². The fraction of sp³-hybridized carbons (Fsp3) is 0.923. The van der Waals surface area contributed by atoms with Crippen molar-refractivity contribution in [2.45, 2.75) is 40.0 Å². The summed E-state index contributed by atoms with van der Waals surface area (Å²) in [5.41, 5.74) is 0. The van der Waals surface area contributed by atoms with Crippen molar-refractivity contribution in [1.82, 2.24) is 10.2 Å². The Morgan fingerprint density at radius 1 is 1.38 bits per heavy atom. The first-order valence-corrected chi connectivity index (χ1v) is 6.43. The number of rotatable bonds is 2. The van der Waals surface area contributed by atoms with E-state index in [1.54, 1.807) is 4.90 Å². The largest absolute Gasteiger partial charge is 0.349 e. The molecule has 1 aliphatic heterocycles. The van der Waals surface area contributed by atoms with Crippen LogP contribution in [0.25, 0.3) is 0 Å². The second-order valence-corrected chi connectivity index (χ2v) is 4.93. The third-order valence-corrected chi connectivity index (χ3v) is 2.90. The van der Waals surface area contributed by atoms with Gasteiger partial charge >= 0.3 is 0 Å². The predicted octanol–water partition coefficient (Wildman–Crippen LogP) is 2.13. The highest BCUT2D eigenvalue weighted by Gasteiger charge is 2.23. The Hall–Kier alpha value is -0.570. The third kappa shape index (κ3) is 6.11. The first-order valence-electron chi connectivity index (χ1n) is 6.43. The summed E-state index contributed by atoms with van der Waals surface area (Å²) in [6.45, 7) is 8.60. The minimum absolute atomic E-state index is 0.263. The fourth-order valence-corrected chi connectivity index (χ4v) is 1.78. The van der Waals surface area contributed by atoms with Gasteiger partial charge < -0.3 is 10.2 Å². The van der Waals surface area contributed by atoms with Crippen LogP contribution < -0.4 is 5.32 Å². The molecule has 3 nitrogen and oxygen atoms in total. The summed E-state index contributed by atoms with van der Waals surface area (Å²) in [6.07, 6.45) is 3.11. The van der Waals surface area contributed by atoms with Crippen molar-refractivity contribution in [3.63, 3.8) is 0 Å². The van der Waals surface area contributed by atoms with Crippen molar-refractivity contribution in [3.05, 3.63) is 0 Å². The Labute approximate surface area is 101 Å². The van der Waals surface area contributed by atoms with E-state index < -0.39 is 0 Å². The number of nitrogens with one attached hydrogen (secondary N) is 1. The van der Waals surface area contributed by atoms with Crippen LogP contribution in [0.3, 0.4) is 0 Å². The molecule has 0 aromatic rings. The van der Waals surface area contributed by atoms with E-state index in [4.69, 9.17) is 0 Å². The molecule has 0 aromatic heterocycles. The van der Waals surface area contributed by atoms with Crippen molar-refractivity contribution in [2.24, 2.45) is 11.8 Å². The predicted molar refractivity (Wildman–Crippen MR) is 69.4 cm³/mol. The quantitative estimate of drug-likeness (QED) is 0.785. The zero-order valence-electron chi connectivity index (χ0n) is 11.5. The molecule has 1 amide bonds. The average Bonchev–Trinajstić information content (AvgIpc) is 2.22. The summed E-state index contributed by atoms with van der Waals surface area (Å²) in [4.78, 5) is 13.2. The Kier molecular flexibility index (Phi) is 8.26. The Morgan fingerprint density at radius 3 is 2.38 bits per heavy atom. The van der Waals surface area contributed by atoms with E-state index in [0.717, 1.165) is 25.9 Å². The summed E-state index contributed by atoms with van der Waals surface area (Å²) in [5.74, 6) is 1.48. The molecule has 0 aliphatic carbocycles. The Balaban J connectivity index is 0.000000673. The molecule has 1 heterocycles. The minimum atomic E-state index is 0.263. The number of carbonyl (C=O) groups excluding carboxylic acids is 1. The third-order valence-electron chi connectivity index (χ3n) is 2.90. The lowest BCUT2D eigenvalue weighted by molar-refractivity contribution is -0.130. The smallest absolute Gasteiger partial charge is 0.222 e. The van der Waals surface area contributed by atoms with E-state index in [-0.39, 0.29) is 5.91 Å². The summed E-state index contributed by atoms with van der Waals surface area (Å²) in [5, 5.41) is 3.34. The molecule has 16 heavy (non-hydrogen) atoms. The van der Waals surface area contributed by atoms with Gasteiger partial charge in [0.2, 0.25) is 5.91 Å². The standard InChI is InChI=1S/C10H20N2O.C3H8/c1-8-7-11-5-4-9(8)6-10(13)12(2)3;1-3-2/h8-9,11H,4-7H2,1-3H3;3H2,1-2H3/t8-,9+;/m1./s1. The van der Waals surface area contributed by atoms with Gasteiger partial charge in [-0.1, -0.05) is 27.2 Å². The van der Waals surface area contributed by atoms with E-state index in [9.17, 15) is 4.79 Å². The number of hydrogen-bond donors (Lipinski definition) is 1. The van der Waals surface area contributed by atoms with Gasteiger partial charge in [0.1, 0.15) is 0 Å². The number of piperidine rings is 1. The van der Waals surface area contributed by atoms with Gasteiger partial charge in [0.25, 0.3) is 0 Å². The number of hydrogen-bond acceptors (Lipinski definition) is 2. The van der Waals surface area contributed by atoms with Gasteiger partial charge in [0.05, 0.1) is 0 Å². The van der Waals surface area contributed by atoms with Crippen molar-refractivity contribution in [2.75, 3.05) is 27.2 Å². The molecule has 0 aromatic carbocycles. The topological polar surface area (TPSA) is 32.3 Å². The maximum Gasteiger partial charge on any atom is 0.222 e. The van der Waals surface area contributed by atoms with Gasteiger partial charge in [0.15, 0.2) is 0 Å². The summed E-state index contributed by atoms with van der Waals surface area (Å²) >= 11 is 0. The molecule has 0 radical (unpaired) electrons. The summed E-state index contributed by atoms with van der Waals surface area (Å²) in [7, 11) is 3.65. The van der Waals surface area contributed by atoms with E-state index in [1.165, 1.54) is 6.42 Å². The fourth-order valence-electron chi connectivity index (χ4n) is 1.78. The zero-order valence-corrected chi connectivity index (χ0v) is 11.5. The molecule has 0 bridgehead atoms. The van der Waals surface area contributed by atoms with Crippen LogP contribution in [-0.4, -0.2) is 38.0 Å². The summed E-state index contributed by atoms with van der Waals surface area (Å²) in [6, 6.07) is 0. The van der Waals surface area contributed by atoms with Crippen molar-refractivity contribution < 1.29 is 4.79 Å². The Morgan fingerprint density at radius 2 is 1.94 bits per heavy atom. The molecule has 1 aliphatic rings. The van der Waals surface area contributed by atoms with Gasteiger partial charge in [-0.15, -0.1) is 0 Å². The molecule has 0 saturated carbocycles. The minimum Gasteiger partial charge on any atom is -0.349 e. The molecule has 1 N–H and O–H groups in total. The van der Waals surface area contributed by atoms with Crippen LogP contribution in [0.2, 0.25) is 0 Å². The van der Waals surface area contributed by atoms with Gasteiger partial charge in [-0.2, -0.15) is 0 Å². The molecule has 96 valence electrons. The lowest BCUT2D eigenvalue weighted by Gasteiger charge is -2.29. The molecule has 3 heteroatoms. The van der Waals surface area contributed by atoms with Crippen LogP contribution in [0.4, 0.5) is 0 Å². The van der Waals surface area contributed by atoms with Crippen LogP contribution >= 0.6 is 0 Å². The lowest BCUT2D eigenvalue weighted by atomic mass is 9.85. The van der Waals surface area contributed by atoms with E-state index in [0.29, 0.717) is 11.8 Å². The second-order valence-electron chi connectivity index (χ2n) is 4.93. The van der Waals surface area contributed by atoms with Crippen LogP contribution in [-0.2, 0) is 4.79 Å².